The summed E-state index contributed by atoms with van der Waals surface area (Å²) in [5.74, 6) is -0.0479. The minimum absolute atomic E-state index is 0. The van der Waals surface area contributed by atoms with Gasteiger partial charge in [0.1, 0.15) is 11.6 Å². The number of ether oxygens (including phenoxy) is 2. The summed E-state index contributed by atoms with van der Waals surface area (Å²) in [5.41, 5.74) is 8.59. The molecule has 0 spiro atoms. The maximum Gasteiger partial charge on any atom is 0.305 e. The van der Waals surface area contributed by atoms with Crippen molar-refractivity contribution in [2.24, 2.45) is 5.73 Å². The third kappa shape index (κ3) is 5.18. The smallest absolute Gasteiger partial charge is 0.305 e. The van der Waals surface area contributed by atoms with Gasteiger partial charge in [-0.25, -0.2) is 0 Å². The van der Waals surface area contributed by atoms with Crippen molar-refractivity contribution in [3.05, 3.63) is 69.9 Å². The fourth-order valence-corrected chi connectivity index (χ4v) is 3.57. The Labute approximate surface area is 191 Å². The minimum Gasteiger partial charge on any atom is -0.498 e. The molecule has 7 nitrogen and oxygen atoms in total. The number of halogens is 2. The molecule has 0 unspecified atom stereocenters. The molecule has 3 rings (SSSR count). The van der Waals surface area contributed by atoms with Crippen molar-refractivity contribution in [2.75, 3.05) is 25.7 Å². The molecule has 1 heterocycles. The maximum absolute atomic E-state index is 13.2. The number of aryl methyl sites for hydroxylation is 1. The number of hydrogen-bond donors (Lipinski definition) is 2. The molecule has 0 radical (unpaired) electrons. The summed E-state index contributed by atoms with van der Waals surface area (Å²) >= 11 is 6.48. The van der Waals surface area contributed by atoms with Crippen LogP contribution in [0.1, 0.15) is 23.1 Å². The van der Waals surface area contributed by atoms with Crippen LogP contribution in [0.2, 0.25) is 5.02 Å². The Balaban J connectivity index is 0.00000341. The average Bonchev–Trinajstić information content (AvgIpc) is 3.08. The number of methoxy groups -OCH3 is 2. The van der Waals surface area contributed by atoms with Gasteiger partial charge in [-0.2, -0.15) is 0 Å². The monoisotopic (exact) mass is 463 g/mol. The van der Waals surface area contributed by atoms with Gasteiger partial charge in [-0.15, -0.1) is 12.4 Å². The maximum atomic E-state index is 13.2. The molecule has 0 bridgehead atoms. The van der Waals surface area contributed by atoms with Crippen molar-refractivity contribution < 1.29 is 19.1 Å². The molecule has 0 fully saturated rings. The molecule has 1 aliphatic rings. The van der Waals surface area contributed by atoms with E-state index < -0.39 is 0 Å². The van der Waals surface area contributed by atoms with E-state index in [1.165, 1.54) is 14.2 Å². The van der Waals surface area contributed by atoms with Gasteiger partial charge in [0.15, 0.2) is 0 Å². The molecular formula is C22H23Cl2N3O4. The lowest BCUT2D eigenvalue weighted by molar-refractivity contribution is -0.140. The van der Waals surface area contributed by atoms with E-state index in [1.807, 2.05) is 6.07 Å². The lowest BCUT2D eigenvalue weighted by Crippen LogP contribution is -2.26. The number of carbonyl (C=O) groups is 2. The highest BCUT2D eigenvalue weighted by Crippen LogP contribution is 2.36. The lowest BCUT2D eigenvalue weighted by atomic mass is 10.0. The fraction of sp³-hybridized carbons (Fsp3) is 0.227. The van der Waals surface area contributed by atoms with Crippen molar-refractivity contribution >= 4 is 53.0 Å². The second-order valence-electron chi connectivity index (χ2n) is 6.74. The van der Waals surface area contributed by atoms with Crippen LogP contribution >= 0.6 is 24.0 Å². The second kappa shape index (κ2) is 10.3. The number of nitrogens with zero attached hydrogens (tertiary/aromatic N) is 1. The fourth-order valence-electron chi connectivity index (χ4n) is 3.28. The van der Waals surface area contributed by atoms with E-state index in [4.69, 9.17) is 27.5 Å². The Kier molecular flexibility index (Phi) is 8.08. The van der Waals surface area contributed by atoms with Crippen LogP contribution in [0.5, 0.6) is 0 Å². The first-order valence-electron chi connectivity index (χ1n) is 9.24. The number of nitrogens with two attached hydrogens (primary N) is 1. The molecule has 0 saturated carbocycles. The molecule has 2 aromatic rings. The number of anilines is 1. The number of nitrogen functional groups attached to an aromatic ring is 1. The summed E-state index contributed by atoms with van der Waals surface area (Å²) in [7, 11) is 2.87. The first kappa shape index (κ1) is 24.2. The molecule has 0 aliphatic carbocycles. The van der Waals surface area contributed by atoms with Crippen LogP contribution in [0.15, 0.2) is 48.2 Å². The number of amides is 1. The number of nitrogens with one attached hydrogen (secondary N) is 1. The predicted octanol–water partition coefficient (Wildman–Crippen LogP) is 3.56. The van der Waals surface area contributed by atoms with E-state index in [2.05, 4.69) is 4.74 Å². The molecule has 0 aromatic heterocycles. The van der Waals surface area contributed by atoms with Crippen molar-refractivity contribution in [1.29, 1.82) is 5.41 Å². The van der Waals surface area contributed by atoms with Gasteiger partial charge in [-0.1, -0.05) is 23.7 Å². The van der Waals surface area contributed by atoms with E-state index in [9.17, 15) is 9.59 Å². The highest BCUT2D eigenvalue weighted by molar-refractivity contribution is 6.37. The Morgan fingerprint density at radius 2 is 1.87 bits per heavy atom. The molecule has 0 atom stereocenters. The third-order valence-electron chi connectivity index (χ3n) is 4.92. The lowest BCUT2D eigenvalue weighted by Gasteiger charge is -2.17. The number of benzene rings is 2. The van der Waals surface area contributed by atoms with Crippen LogP contribution in [-0.2, 0) is 25.5 Å². The van der Waals surface area contributed by atoms with Crippen molar-refractivity contribution in [3.63, 3.8) is 0 Å². The first-order chi connectivity index (χ1) is 14.3. The highest BCUT2D eigenvalue weighted by Gasteiger charge is 2.34. The van der Waals surface area contributed by atoms with E-state index in [-0.39, 0.29) is 43.1 Å². The summed E-state index contributed by atoms with van der Waals surface area (Å²) in [6.45, 7) is 0.268. The van der Waals surface area contributed by atoms with Gasteiger partial charge >= 0.3 is 5.97 Å². The van der Waals surface area contributed by atoms with E-state index >= 15 is 0 Å². The Morgan fingerprint density at radius 3 is 2.42 bits per heavy atom. The molecule has 0 saturated heterocycles. The van der Waals surface area contributed by atoms with E-state index in [0.717, 1.165) is 5.56 Å². The molecule has 1 aliphatic heterocycles. The summed E-state index contributed by atoms with van der Waals surface area (Å²) in [5, 5.41) is 7.90. The Bertz CT molecular complexity index is 1040. The van der Waals surface area contributed by atoms with Gasteiger partial charge in [0.05, 0.1) is 26.3 Å². The Morgan fingerprint density at radius 1 is 1.19 bits per heavy atom. The topological polar surface area (TPSA) is 106 Å². The van der Waals surface area contributed by atoms with Crippen molar-refractivity contribution in [3.8, 4) is 0 Å². The van der Waals surface area contributed by atoms with Crippen LogP contribution < -0.4 is 10.6 Å². The number of carbonyl (C=O) groups excluding carboxylic acids is 2. The molecule has 3 N–H and O–H groups in total. The standard InChI is InChI=1S/C22H22ClN3O4.ClH/c1-29-18-12-26(15-7-5-14(6-8-15)21(24)25)22(28)20(18)16-9-3-13(11-17(16)23)4-10-19(27)30-2;/h3,5-9,11H,4,10,12H2,1-2H3,(H3,24,25);1H. The van der Waals surface area contributed by atoms with Gasteiger partial charge in [-0.3, -0.25) is 15.0 Å². The SMILES string of the molecule is COC(=O)CCc1ccc(C2=C(OC)CN(c3ccc(C(=N)N)cc3)C2=O)c(Cl)c1.Cl. The molecule has 1 amide bonds. The van der Waals surface area contributed by atoms with Crippen LogP contribution in [-0.4, -0.2) is 38.5 Å². The second-order valence-corrected chi connectivity index (χ2v) is 7.15. The third-order valence-corrected chi connectivity index (χ3v) is 5.24. The van der Waals surface area contributed by atoms with Gasteiger partial charge in [0.25, 0.3) is 5.91 Å². The largest absolute Gasteiger partial charge is 0.498 e. The van der Waals surface area contributed by atoms with E-state index in [1.54, 1.807) is 41.3 Å². The van der Waals surface area contributed by atoms with Crippen LogP contribution in [0.4, 0.5) is 5.69 Å². The minimum atomic E-state index is -0.294. The number of rotatable bonds is 7. The number of esters is 1. The molecule has 164 valence electrons. The predicted molar refractivity (Wildman–Crippen MR) is 123 cm³/mol. The molecule has 9 heteroatoms. The van der Waals surface area contributed by atoms with Crippen LogP contribution in [0.3, 0.4) is 0 Å². The van der Waals surface area contributed by atoms with Crippen LogP contribution in [0, 0.1) is 5.41 Å². The number of hydrogen-bond acceptors (Lipinski definition) is 5. The molecule has 2 aromatic carbocycles. The zero-order valence-corrected chi connectivity index (χ0v) is 18.7. The summed E-state index contributed by atoms with van der Waals surface area (Å²) in [6.07, 6.45) is 0.743. The van der Waals surface area contributed by atoms with Crippen LogP contribution in [0.25, 0.3) is 5.57 Å². The normalized spacial score (nSPS) is 13.1. The summed E-state index contributed by atoms with van der Waals surface area (Å²) in [6, 6.07) is 12.2. The van der Waals surface area contributed by atoms with Gasteiger partial charge in [-0.05, 0) is 42.3 Å². The van der Waals surface area contributed by atoms with Crippen molar-refractivity contribution in [1.82, 2.24) is 0 Å². The average molecular weight is 464 g/mol. The van der Waals surface area contributed by atoms with Gasteiger partial charge in [0.2, 0.25) is 0 Å². The molecular weight excluding hydrogens is 441 g/mol. The van der Waals surface area contributed by atoms with E-state index in [0.29, 0.717) is 39.6 Å². The zero-order valence-electron chi connectivity index (χ0n) is 17.1. The quantitative estimate of drug-likeness (QED) is 0.370. The Hall–Kier alpha value is -3.03. The first-order valence-corrected chi connectivity index (χ1v) is 9.62. The summed E-state index contributed by atoms with van der Waals surface area (Å²) < 4.78 is 10.1. The van der Waals surface area contributed by atoms with Crippen molar-refractivity contribution in [2.45, 2.75) is 12.8 Å². The summed E-state index contributed by atoms with van der Waals surface area (Å²) in [4.78, 5) is 26.1. The number of amidine groups is 1. The molecule has 31 heavy (non-hydrogen) atoms. The van der Waals surface area contributed by atoms with Gasteiger partial charge in [0, 0.05) is 28.3 Å². The highest BCUT2D eigenvalue weighted by atomic mass is 35.5. The zero-order chi connectivity index (χ0) is 21.8. The van der Waals surface area contributed by atoms with Gasteiger partial charge < -0.3 is 20.1 Å².